The van der Waals surface area contributed by atoms with E-state index >= 15 is 0 Å². The molecule has 1 aliphatic carbocycles. The molecule has 1 N–H and O–H groups in total. The summed E-state index contributed by atoms with van der Waals surface area (Å²) in [6.45, 7) is 3.86. The van der Waals surface area contributed by atoms with E-state index in [-0.39, 0.29) is 37.4 Å². The van der Waals surface area contributed by atoms with E-state index in [0.29, 0.717) is 35.4 Å². The number of H-pyrrole nitrogens is 1. The van der Waals surface area contributed by atoms with Gasteiger partial charge in [-0.15, -0.1) is 0 Å². The molecule has 152 valence electrons. The molecule has 2 aliphatic rings. The Hall–Kier alpha value is -2.32. The van der Waals surface area contributed by atoms with Gasteiger partial charge in [0.15, 0.2) is 5.65 Å². The van der Waals surface area contributed by atoms with Crippen LogP contribution in [0.25, 0.3) is 5.65 Å². The van der Waals surface area contributed by atoms with E-state index in [1.165, 1.54) is 6.07 Å². The van der Waals surface area contributed by atoms with E-state index in [9.17, 15) is 22.8 Å². The highest BCUT2D eigenvalue weighted by molar-refractivity contribution is 5.79. The molecule has 1 amide bonds. The number of carbonyl (C=O) groups is 1. The Bertz CT molecular complexity index is 987. The van der Waals surface area contributed by atoms with Crippen LogP contribution in [0.5, 0.6) is 0 Å². The van der Waals surface area contributed by atoms with E-state index < -0.39 is 17.5 Å². The molecular formula is C19H23F3N4O2. The number of fused-ring (bicyclic) bond motifs is 1. The minimum atomic E-state index is -4.21. The molecule has 6 nitrogen and oxygen atoms in total. The fourth-order valence-electron chi connectivity index (χ4n) is 4.90. The summed E-state index contributed by atoms with van der Waals surface area (Å²) in [4.78, 5) is 30.5. The average molecular weight is 396 g/mol. The maximum Gasteiger partial charge on any atom is 0.392 e. The number of amides is 1. The number of hydrogen-bond donors (Lipinski definition) is 1. The molecule has 0 radical (unpaired) electrons. The Balaban J connectivity index is 1.57. The molecule has 1 unspecified atom stereocenters. The Morgan fingerprint density at radius 2 is 2.07 bits per heavy atom. The summed E-state index contributed by atoms with van der Waals surface area (Å²) in [7, 11) is 0. The van der Waals surface area contributed by atoms with E-state index in [4.69, 9.17) is 0 Å². The van der Waals surface area contributed by atoms with Gasteiger partial charge >= 0.3 is 6.18 Å². The van der Waals surface area contributed by atoms with Gasteiger partial charge < -0.3 is 4.90 Å². The standard InChI is InChI=1S/C19H23F3N4O2/c1-11-13(12(2)26-15(23-11)9-16(27)24-26)8-17(28)25-7-4-14(19(20,21)22)18(10-25)5-3-6-18/h9,14H,3-8,10H2,1-2H3,(H,24,27). The monoisotopic (exact) mass is 396 g/mol. The largest absolute Gasteiger partial charge is 0.392 e. The molecule has 2 aromatic heterocycles. The second kappa shape index (κ2) is 6.35. The molecule has 28 heavy (non-hydrogen) atoms. The number of nitrogens with zero attached hydrogens (tertiary/aromatic N) is 3. The van der Waals surface area contributed by atoms with Gasteiger partial charge in [-0.1, -0.05) is 6.42 Å². The molecule has 4 rings (SSSR count). The minimum Gasteiger partial charge on any atom is -0.342 e. The van der Waals surface area contributed by atoms with Crippen molar-refractivity contribution in [2.24, 2.45) is 11.3 Å². The highest BCUT2D eigenvalue weighted by atomic mass is 19.4. The van der Waals surface area contributed by atoms with Crippen molar-refractivity contribution in [3.63, 3.8) is 0 Å². The minimum absolute atomic E-state index is 0.0323. The first-order valence-corrected chi connectivity index (χ1v) is 9.53. The maximum atomic E-state index is 13.4. The van der Waals surface area contributed by atoms with Crippen LogP contribution in [-0.2, 0) is 11.2 Å². The Morgan fingerprint density at radius 1 is 1.36 bits per heavy atom. The third-order valence-corrected chi connectivity index (χ3v) is 6.56. The SMILES string of the molecule is Cc1nc2cc(=O)[nH]n2c(C)c1CC(=O)N1CCC(C(F)(F)F)C2(CCC2)C1. The van der Waals surface area contributed by atoms with Crippen molar-refractivity contribution in [1.29, 1.82) is 0 Å². The van der Waals surface area contributed by atoms with Gasteiger partial charge in [0.2, 0.25) is 5.91 Å². The number of piperidine rings is 1. The maximum absolute atomic E-state index is 13.4. The highest BCUT2D eigenvalue weighted by Crippen LogP contribution is 2.56. The van der Waals surface area contributed by atoms with Crippen molar-refractivity contribution in [2.45, 2.75) is 52.1 Å². The number of aryl methyl sites for hydroxylation is 2. The number of aromatic nitrogens is 3. The number of carbonyl (C=O) groups excluding carboxylic acids is 1. The van der Waals surface area contributed by atoms with Crippen LogP contribution >= 0.6 is 0 Å². The molecule has 1 spiro atoms. The number of alkyl halides is 3. The summed E-state index contributed by atoms with van der Waals surface area (Å²) in [6, 6.07) is 1.38. The van der Waals surface area contributed by atoms with Crippen molar-refractivity contribution in [2.75, 3.05) is 13.1 Å². The van der Waals surface area contributed by atoms with Gasteiger partial charge in [0.25, 0.3) is 5.56 Å². The van der Waals surface area contributed by atoms with Gasteiger partial charge in [-0.2, -0.15) is 13.2 Å². The third kappa shape index (κ3) is 3.00. The van der Waals surface area contributed by atoms with Gasteiger partial charge in [-0.25, -0.2) is 9.50 Å². The van der Waals surface area contributed by atoms with Crippen molar-refractivity contribution in [1.82, 2.24) is 19.5 Å². The second-order valence-corrected chi connectivity index (χ2v) is 8.17. The van der Waals surface area contributed by atoms with E-state index in [1.807, 2.05) is 0 Å². The first-order chi connectivity index (χ1) is 13.1. The van der Waals surface area contributed by atoms with Crippen LogP contribution in [0, 0.1) is 25.2 Å². The van der Waals surface area contributed by atoms with E-state index in [0.717, 1.165) is 6.42 Å². The van der Waals surface area contributed by atoms with Crippen molar-refractivity contribution in [3.05, 3.63) is 33.4 Å². The molecule has 1 saturated heterocycles. The molecule has 1 saturated carbocycles. The molecule has 0 aromatic carbocycles. The van der Waals surface area contributed by atoms with Gasteiger partial charge in [0.1, 0.15) is 0 Å². The number of likely N-dealkylation sites (tertiary alicyclic amines) is 1. The lowest BCUT2D eigenvalue weighted by Gasteiger charge is -2.54. The summed E-state index contributed by atoms with van der Waals surface area (Å²) in [6.07, 6.45) is -2.34. The lowest BCUT2D eigenvalue weighted by Crippen LogP contribution is -2.58. The molecule has 1 atom stereocenters. The molecule has 2 fully saturated rings. The van der Waals surface area contributed by atoms with E-state index in [1.54, 1.807) is 23.3 Å². The zero-order valence-corrected chi connectivity index (χ0v) is 15.9. The molecule has 2 aromatic rings. The van der Waals surface area contributed by atoms with Crippen LogP contribution in [0.1, 0.15) is 42.6 Å². The Labute approximate surface area is 159 Å². The lowest BCUT2D eigenvalue weighted by atomic mass is 9.58. The summed E-state index contributed by atoms with van der Waals surface area (Å²) < 4.78 is 41.9. The predicted molar refractivity (Wildman–Crippen MR) is 96.0 cm³/mol. The number of rotatable bonds is 2. The summed E-state index contributed by atoms with van der Waals surface area (Å²) in [5.74, 6) is -1.50. The molecule has 1 aliphatic heterocycles. The van der Waals surface area contributed by atoms with Crippen molar-refractivity contribution in [3.8, 4) is 0 Å². The van der Waals surface area contributed by atoms with Crippen LogP contribution in [-0.4, -0.2) is 44.7 Å². The zero-order chi connectivity index (χ0) is 20.3. The Kier molecular flexibility index (Phi) is 4.31. The average Bonchev–Trinajstić information content (AvgIpc) is 2.96. The number of aromatic amines is 1. The first-order valence-electron chi connectivity index (χ1n) is 9.53. The Morgan fingerprint density at radius 3 is 2.68 bits per heavy atom. The fraction of sp³-hybridized carbons (Fsp3) is 0.632. The van der Waals surface area contributed by atoms with Gasteiger partial charge in [-0.05, 0) is 38.5 Å². The lowest BCUT2D eigenvalue weighted by molar-refractivity contribution is -0.237. The molecule has 9 heteroatoms. The number of nitrogens with one attached hydrogen (secondary N) is 1. The summed E-state index contributed by atoms with van der Waals surface area (Å²) >= 11 is 0. The normalized spacial score (nSPS) is 21.9. The van der Waals surface area contributed by atoms with Crippen LogP contribution in [0.4, 0.5) is 13.2 Å². The molecular weight excluding hydrogens is 373 g/mol. The first kappa shape index (κ1) is 19.0. The predicted octanol–water partition coefficient (Wildman–Crippen LogP) is 2.76. The van der Waals surface area contributed by atoms with Crippen LogP contribution in [0.2, 0.25) is 0 Å². The van der Waals surface area contributed by atoms with Crippen LogP contribution < -0.4 is 5.56 Å². The van der Waals surface area contributed by atoms with E-state index in [2.05, 4.69) is 10.1 Å². The smallest absolute Gasteiger partial charge is 0.342 e. The van der Waals surface area contributed by atoms with Crippen LogP contribution in [0.15, 0.2) is 10.9 Å². The van der Waals surface area contributed by atoms with Crippen molar-refractivity contribution < 1.29 is 18.0 Å². The second-order valence-electron chi connectivity index (χ2n) is 8.17. The fourth-order valence-corrected chi connectivity index (χ4v) is 4.90. The number of hydrogen-bond acceptors (Lipinski definition) is 3. The topological polar surface area (TPSA) is 70.5 Å². The molecule has 0 bridgehead atoms. The van der Waals surface area contributed by atoms with Crippen LogP contribution in [0.3, 0.4) is 0 Å². The van der Waals surface area contributed by atoms with Gasteiger partial charge in [0.05, 0.1) is 12.3 Å². The van der Waals surface area contributed by atoms with Gasteiger partial charge in [-0.3, -0.25) is 14.7 Å². The van der Waals surface area contributed by atoms with Gasteiger partial charge in [0, 0.05) is 36.1 Å². The molecule has 3 heterocycles. The quantitative estimate of drug-likeness (QED) is 0.849. The summed E-state index contributed by atoms with van der Waals surface area (Å²) in [5, 5.41) is 2.65. The third-order valence-electron chi connectivity index (χ3n) is 6.56. The highest BCUT2D eigenvalue weighted by Gasteiger charge is 2.58. The summed E-state index contributed by atoms with van der Waals surface area (Å²) in [5.41, 5.74) is 1.44. The van der Waals surface area contributed by atoms with Crippen molar-refractivity contribution >= 4 is 11.6 Å². The number of halogens is 3. The zero-order valence-electron chi connectivity index (χ0n) is 15.9.